The zero-order valence-electron chi connectivity index (χ0n) is 11.3. The quantitative estimate of drug-likeness (QED) is 0.290. The molecular weight excluding hydrogens is 304 g/mol. The van der Waals surface area contributed by atoms with E-state index in [1.807, 2.05) is 10.6 Å². The number of nitrogens with one attached hydrogen (secondary N) is 2. The summed E-state index contributed by atoms with van der Waals surface area (Å²) in [7, 11) is 0. The highest BCUT2D eigenvalue weighted by Gasteiger charge is 2.25. The fourth-order valence-corrected chi connectivity index (χ4v) is 1.41. The fourth-order valence-electron chi connectivity index (χ4n) is 1.41. The minimum atomic E-state index is -1.51. The van der Waals surface area contributed by atoms with Gasteiger partial charge in [0.1, 0.15) is 12.1 Å². The second kappa shape index (κ2) is 9.15. The van der Waals surface area contributed by atoms with E-state index >= 15 is 0 Å². The van der Waals surface area contributed by atoms with Gasteiger partial charge in [0, 0.05) is 12.8 Å². The Labute approximate surface area is 123 Å². The number of hydrogen-bond donors (Lipinski definition) is 6. The number of carboxylic acid groups (broad SMARTS) is 4. The molecule has 0 radical (unpaired) electrons. The molecule has 0 aliphatic heterocycles. The third-order valence-electron chi connectivity index (χ3n) is 2.50. The van der Waals surface area contributed by atoms with Crippen molar-refractivity contribution in [1.29, 1.82) is 0 Å². The van der Waals surface area contributed by atoms with Crippen LogP contribution < -0.4 is 10.6 Å². The Balaban J connectivity index is 4.57. The smallest absolute Gasteiger partial charge is 0.326 e. The number of carboxylic acids is 4. The molecule has 0 saturated heterocycles. The van der Waals surface area contributed by atoms with Crippen LogP contribution in [0.5, 0.6) is 0 Å². The maximum absolute atomic E-state index is 11.5. The van der Waals surface area contributed by atoms with Gasteiger partial charge >= 0.3 is 29.9 Å². The standard InChI is InChI=1S/C11H16N2O9/c14-7(15)3-1-5(9(18)19)12-11(22)13-6(10(20)21)2-4-8(16)17/h5-6H,1-4H2,(H,14,15)(H,16,17)(H,18,19)(H,20,21)(H2,12,13,22)/t5-,6-/m1/s1. The Bertz CT molecular complexity index is 422. The van der Waals surface area contributed by atoms with Crippen LogP contribution in [-0.4, -0.2) is 62.4 Å². The second-order valence-corrected chi connectivity index (χ2v) is 4.26. The highest BCUT2D eigenvalue weighted by molar-refractivity contribution is 5.86. The molecule has 2 amide bonds. The summed E-state index contributed by atoms with van der Waals surface area (Å²) in [6, 6.07) is -4.16. The van der Waals surface area contributed by atoms with Crippen molar-refractivity contribution in [2.75, 3.05) is 0 Å². The first kappa shape index (κ1) is 19.1. The molecule has 0 unspecified atom stereocenters. The molecule has 0 bridgehead atoms. The average molecular weight is 320 g/mol. The van der Waals surface area contributed by atoms with Gasteiger partial charge in [-0.1, -0.05) is 0 Å². The van der Waals surface area contributed by atoms with E-state index in [0.717, 1.165) is 0 Å². The molecule has 124 valence electrons. The Morgan fingerprint density at radius 3 is 1.23 bits per heavy atom. The summed E-state index contributed by atoms with van der Waals surface area (Å²) in [5, 5.41) is 38.4. The molecule has 0 aromatic heterocycles. The first-order valence-corrected chi connectivity index (χ1v) is 6.09. The summed E-state index contributed by atoms with van der Waals surface area (Å²) in [5.74, 6) is -5.46. The van der Waals surface area contributed by atoms with Gasteiger partial charge in [-0.25, -0.2) is 14.4 Å². The highest BCUT2D eigenvalue weighted by Crippen LogP contribution is 2.01. The van der Waals surface area contributed by atoms with Crippen molar-refractivity contribution in [2.45, 2.75) is 37.8 Å². The molecular formula is C11H16N2O9. The van der Waals surface area contributed by atoms with Crippen LogP contribution in [0.1, 0.15) is 25.7 Å². The molecule has 2 atom stereocenters. The van der Waals surface area contributed by atoms with E-state index in [1.165, 1.54) is 0 Å². The number of amides is 2. The van der Waals surface area contributed by atoms with Crippen LogP contribution in [0.2, 0.25) is 0 Å². The highest BCUT2D eigenvalue weighted by atomic mass is 16.4. The summed E-state index contributed by atoms with van der Waals surface area (Å²) < 4.78 is 0. The van der Waals surface area contributed by atoms with Gasteiger partial charge in [0.25, 0.3) is 0 Å². The predicted octanol–water partition coefficient (Wildman–Crippen LogP) is -1.08. The largest absolute Gasteiger partial charge is 0.481 e. The summed E-state index contributed by atoms with van der Waals surface area (Å²) in [5.41, 5.74) is 0. The number of urea groups is 1. The molecule has 11 nitrogen and oxygen atoms in total. The summed E-state index contributed by atoms with van der Waals surface area (Å²) >= 11 is 0. The number of rotatable bonds is 10. The second-order valence-electron chi connectivity index (χ2n) is 4.26. The van der Waals surface area contributed by atoms with Crippen LogP contribution in [0, 0.1) is 0 Å². The van der Waals surface area contributed by atoms with Gasteiger partial charge in [0.05, 0.1) is 0 Å². The first-order chi connectivity index (χ1) is 10.1. The summed E-state index contributed by atoms with van der Waals surface area (Å²) in [6.07, 6.45) is -1.77. The Hall–Kier alpha value is -2.85. The van der Waals surface area contributed by atoms with Gasteiger partial charge in [-0.05, 0) is 12.8 Å². The van der Waals surface area contributed by atoms with Crippen molar-refractivity contribution in [3.8, 4) is 0 Å². The van der Waals surface area contributed by atoms with Crippen LogP contribution in [0.3, 0.4) is 0 Å². The molecule has 0 aliphatic carbocycles. The molecule has 0 spiro atoms. The van der Waals surface area contributed by atoms with Crippen LogP contribution in [-0.2, 0) is 19.2 Å². The maximum atomic E-state index is 11.5. The van der Waals surface area contributed by atoms with Crippen molar-refractivity contribution >= 4 is 29.9 Å². The third kappa shape index (κ3) is 8.35. The molecule has 0 aromatic carbocycles. The average Bonchev–Trinajstić information content (AvgIpc) is 2.38. The Morgan fingerprint density at radius 2 is 1.00 bits per heavy atom. The zero-order chi connectivity index (χ0) is 17.3. The van der Waals surface area contributed by atoms with Crippen LogP contribution in [0.4, 0.5) is 4.79 Å². The maximum Gasteiger partial charge on any atom is 0.326 e. The van der Waals surface area contributed by atoms with E-state index in [9.17, 15) is 24.0 Å². The minimum absolute atomic E-state index is 0.384. The van der Waals surface area contributed by atoms with Gasteiger partial charge in [0.15, 0.2) is 0 Å². The first-order valence-electron chi connectivity index (χ1n) is 6.09. The summed E-state index contributed by atoms with van der Waals surface area (Å²) in [4.78, 5) is 54.0. The van der Waals surface area contributed by atoms with Gasteiger partial charge in [-0.2, -0.15) is 0 Å². The van der Waals surface area contributed by atoms with E-state index in [0.29, 0.717) is 0 Å². The van der Waals surface area contributed by atoms with Crippen LogP contribution in [0.15, 0.2) is 0 Å². The monoisotopic (exact) mass is 320 g/mol. The predicted molar refractivity (Wildman–Crippen MR) is 68.3 cm³/mol. The van der Waals surface area contributed by atoms with E-state index in [2.05, 4.69) is 0 Å². The Kier molecular flexibility index (Phi) is 7.97. The van der Waals surface area contributed by atoms with Gasteiger partial charge in [-0.15, -0.1) is 0 Å². The van der Waals surface area contributed by atoms with Crippen molar-refractivity contribution in [1.82, 2.24) is 10.6 Å². The van der Waals surface area contributed by atoms with Crippen molar-refractivity contribution < 1.29 is 44.4 Å². The van der Waals surface area contributed by atoms with Crippen molar-refractivity contribution in [3.05, 3.63) is 0 Å². The lowest BCUT2D eigenvalue weighted by atomic mass is 10.1. The van der Waals surface area contributed by atoms with Crippen LogP contribution >= 0.6 is 0 Å². The van der Waals surface area contributed by atoms with E-state index in [4.69, 9.17) is 20.4 Å². The number of aliphatic carboxylic acids is 4. The van der Waals surface area contributed by atoms with E-state index < -0.39 is 54.8 Å². The normalized spacial score (nSPS) is 12.7. The topological polar surface area (TPSA) is 190 Å². The van der Waals surface area contributed by atoms with Gasteiger partial charge in [0.2, 0.25) is 0 Å². The Morgan fingerprint density at radius 1 is 0.682 bits per heavy atom. The molecule has 0 saturated carbocycles. The lowest BCUT2D eigenvalue weighted by Crippen LogP contribution is -2.51. The molecule has 0 aliphatic rings. The van der Waals surface area contributed by atoms with Gasteiger partial charge < -0.3 is 31.1 Å². The minimum Gasteiger partial charge on any atom is -0.481 e. The molecule has 0 heterocycles. The SMILES string of the molecule is O=C(O)CC[C@@H](NC(=O)N[C@H](CCC(=O)O)C(=O)O)C(=O)O. The molecule has 6 N–H and O–H groups in total. The van der Waals surface area contributed by atoms with Crippen LogP contribution in [0.25, 0.3) is 0 Å². The summed E-state index contributed by atoms with van der Waals surface area (Å²) in [6.45, 7) is 0. The molecule has 0 aromatic rings. The molecule has 11 heteroatoms. The number of carbonyl (C=O) groups excluding carboxylic acids is 1. The fraction of sp³-hybridized carbons (Fsp3) is 0.545. The number of carbonyl (C=O) groups is 5. The van der Waals surface area contributed by atoms with E-state index in [1.54, 1.807) is 0 Å². The molecule has 22 heavy (non-hydrogen) atoms. The van der Waals surface area contributed by atoms with Gasteiger partial charge in [-0.3, -0.25) is 9.59 Å². The lowest BCUT2D eigenvalue weighted by Gasteiger charge is -2.17. The lowest BCUT2D eigenvalue weighted by molar-refractivity contribution is -0.141. The van der Waals surface area contributed by atoms with Crippen molar-refractivity contribution in [2.24, 2.45) is 0 Å². The zero-order valence-corrected chi connectivity index (χ0v) is 11.3. The number of hydrogen-bond acceptors (Lipinski definition) is 5. The molecule has 0 fully saturated rings. The van der Waals surface area contributed by atoms with Crippen molar-refractivity contribution in [3.63, 3.8) is 0 Å². The molecule has 0 rings (SSSR count). The third-order valence-corrected chi connectivity index (χ3v) is 2.50. The van der Waals surface area contributed by atoms with E-state index in [-0.39, 0.29) is 12.8 Å².